The number of rotatable bonds is 7. The summed E-state index contributed by atoms with van der Waals surface area (Å²) in [5.41, 5.74) is 0.951. The SMILES string of the molecule is Cc1ccc(S(=O)(=O)NCCC(=O)O[C@H](C)C(=O)N(C)C)cc1. The van der Waals surface area contributed by atoms with Crippen LogP contribution in [0.4, 0.5) is 0 Å². The third kappa shape index (κ3) is 5.99. The summed E-state index contributed by atoms with van der Waals surface area (Å²) < 4.78 is 31.3. The predicted octanol–water partition coefficient (Wildman–Crippen LogP) is 0.683. The number of ether oxygens (including phenoxy) is 1. The van der Waals surface area contributed by atoms with E-state index in [4.69, 9.17) is 4.74 Å². The van der Waals surface area contributed by atoms with E-state index < -0.39 is 22.1 Å². The van der Waals surface area contributed by atoms with Gasteiger partial charge in [-0.15, -0.1) is 0 Å². The zero-order valence-electron chi connectivity index (χ0n) is 13.7. The van der Waals surface area contributed by atoms with Crippen LogP contribution in [0.3, 0.4) is 0 Å². The first-order chi connectivity index (χ1) is 10.6. The third-order valence-electron chi connectivity index (χ3n) is 3.05. The number of aryl methyl sites for hydroxylation is 1. The van der Waals surface area contributed by atoms with Crippen molar-refractivity contribution >= 4 is 21.9 Å². The fourth-order valence-electron chi connectivity index (χ4n) is 1.76. The number of benzene rings is 1. The highest BCUT2D eigenvalue weighted by atomic mass is 32.2. The van der Waals surface area contributed by atoms with Crippen LogP contribution in [-0.4, -0.2) is 51.9 Å². The maximum atomic E-state index is 12.0. The lowest BCUT2D eigenvalue weighted by molar-refractivity contribution is -0.157. The topological polar surface area (TPSA) is 92.8 Å². The van der Waals surface area contributed by atoms with E-state index in [-0.39, 0.29) is 23.8 Å². The van der Waals surface area contributed by atoms with E-state index in [9.17, 15) is 18.0 Å². The van der Waals surface area contributed by atoms with E-state index in [1.54, 1.807) is 26.2 Å². The molecule has 128 valence electrons. The van der Waals surface area contributed by atoms with Crippen LogP contribution >= 0.6 is 0 Å². The van der Waals surface area contributed by atoms with Gasteiger partial charge in [0.15, 0.2) is 6.10 Å². The molecule has 0 aliphatic carbocycles. The van der Waals surface area contributed by atoms with Gasteiger partial charge in [-0.25, -0.2) is 13.1 Å². The Morgan fingerprint density at radius 2 is 1.78 bits per heavy atom. The van der Waals surface area contributed by atoms with Gasteiger partial charge in [-0.05, 0) is 26.0 Å². The highest BCUT2D eigenvalue weighted by Crippen LogP contribution is 2.09. The molecule has 0 heterocycles. The molecule has 0 aliphatic heterocycles. The van der Waals surface area contributed by atoms with Crippen molar-refractivity contribution in [1.29, 1.82) is 0 Å². The average molecular weight is 342 g/mol. The molecule has 0 aromatic heterocycles. The average Bonchev–Trinajstić information content (AvgIpc) is 2.46. The summed E-state index contributed by atoms with van der Waals surface area (Å²) in [6.45, 7) is 3.23. The summed E-state index contributed by atoms with van der Waals surface area (Å²) in [4.78, 5) is 24.6. The number of amides is 1. The molecule has 8 heteroatoms. The summed E-state index contributed by atoms with van der Waals surface area (Å²) in [6.07, 6.45) is -1.05. The van der Waals surface area contributed by atoms with Crippen molar-refractivity contribution in [3.05, 3.63) is 29.8 Å². The van der Waals surface area contributed by atoms with Crippen LogP contribution in [0.1, 0.15) is 18.9 Å². The van der Waals surface area contributed by atoms with Crippen LogP contribution in [0.25, 0.3) is 0 Å². The quantitative estimate of drug-likeness (QED) is 0.736. The second-order valence-corrected chi connectivity index (χ2v) is 7.09. The molecule has 0 radical (unpaired) electrons. The van der Waals surface area contributed by atoms with Gasteiger partial charge in [0.05, 0.1) is 11.3 Å². The predicted molar refractivity (Wildman–Crippen MR) is 85.2 cm³/mol. The Balaban J connectivity index is 2.48. The molecule has 0 aliphatic rings. The second kappa shape index (κ2) is 8.07. The Morgan fingerprint density at radius 3 is 2.30 bits per heavy atom. The Labute approximate surface area is 136 Å². The maximum absolute atomic E-state index is 12.0. The Bertz CT molecular complexity index is 653. The van der Waals surface area contributed by atoms with Crippen LogP contribution < -0.4 is 4.72 Å². The van der Waals surface area contributed by atoms with Gasteiger partial charge in [0.25, 0.3) is 5.91 Å². The lowest BCUT2D eigenvalue weighted by Crippen LogP contribution is -2.35. The molecule has 7 nitrogen and oxygen atoms in total. The molecule has 0 fully saturated rings. The van der Waals surface area contributed by atoms with Gasteiger partial charge in [-0.3, -0.25) is 9.59 Å². The largest absolute Gasteiger partial charge is 0.452 e. The first-order valence-corrected chi connectivity index (χ1v) is 8.59. The number of nitrogens with one attached hydrogen (secondary N) is 1. The first-order valence-electron chi connectivity index (χ1n) is 7.10. The van der Waals surface area contributed by atoms with Crippen LogP contribution in [0.2, 0.25) is 0 Å². The fourth-order valence-corrected chi connectivity index (χ4v) is 2.79. The van der Waals surface area contributed by atoms with Crippen LogP contribution in [0.5, 0.6) is 0 Å². The molecule has 0 saturated carbocycles. The summed E-state index contributed by atoms with van der Waals surface area (Å²) in [5, 5.41) is 0. The number of hydrogen-bond acceptors (Lipinski definition) is 5. The summed E-state index contributed by atoms with van der Waals surface area (Å²) in [7, 11) is -0.548. The van der Waals surface area contributed by atoms with Crippen LogP contribution in [0, 0.1) is 6.92 Å². The minimum Gasteiger partial charge on any atom is -0.452 e. The molecule has 1 atom stereocenters. The standard InChI is InChI=1S/C15H22N2O5S/c1-11-5-7-13(8-6-11)23(20,21)16-10-9-14(18)22-12(2)15(19)17(3)4/h5-8,12,16H,9-10H2,1-4H3/t12-/m1/s1. The molecular formula is C15H22N2O5S. The number of hydrogen-bond donors (Lipinski definition) is 1. The highest BCUT2D eigenvalue weighted by Gasteiger charge is 2.20. The van der Waals surface area contributed by atoms with Crippen molar-refractivity contribution in [2.24, 2.45) is 0 Å². The van der Waals surface area contributed by atoms with Gasteiger partial charge < -0.3 is 9.64 Å². The number of sulfonamides is 1. The molecule has 0 bridgehead atoms. The van der Waals surface area contributed by atoms with Crippen LogP contribution in [-0.2, 0) is 24.3 Å². The molecule has 1 amide bonds. The van der Waals surface area contributed by atoms with Crippen LogP contribution in [0.15, 0.2) is 29.2 Å². The molecular weight excluding hydrogens is 320 g/mol. The molecule has 1 aromatic rings. The Kier molecular flexibility index (Phi) is 6.71. The van der Waals surface area contributed by atoms with E-state index in [1.807, 2.05) is 6.92 Å². The van der Waals surface area contributed by atoms with Crippen molar-refractivity contribution in [2.45, 2.75) is 31.3 Å². The number of likely N-dealkylation sites (N-methyl/N-ethyl adjacent to an activating group) is 1. The zero-order valence-corrected chi connectivity index (χ0v) is 14.5. The normalized spacial score (nSPS) is 12.5. The van der Waals surface area contributed by atoms with Gasteiger partial charge in [0.2, 0.25) is 10.0 Å². The van der Waals surface area contributed by atoms with Crippen molar-refractivity contribution < 1.29 is 22.7 Å². The lowest BCUT2D eigenvalue weighted by Gasteiger charge is -2.17. The molecule has 1 aromatic carbocycles. The zero-order chi connectivity index (χ0) is 17.6. The number of esters is 1. The van der Waals surface area contributed by atoms with E-state index in [0.717, 1.165) is 5.56 Å². The van der Waals surface area contributed by atoms with Gasteiger partial charge >= 0.3 is 5.97 Å². The smallest absolute Gasteiger partial charge is 0.307 e. The van der Waals surface area contributed by atoms with Crippen molar-refractivity contribution in [3.63, 3.8) is 0 Å². The Hall–Kier alpha value is -1.93. The second-order valence-electron chi connectivity index (χ2n) is 5.33. The lowest BCUT2D eigenvalue weighted by atomic mass is 10.2. The molecule has 1 rings (SSSR count). The van der Waals surface area contributed by atoms with Crippen molar-refractivity contribution in [3.8, 4) is 0 Å². The van der Waals surface area contributed by atoms with Gasteiger partial charge in [0, 0.05) is 20.6 Å². The minimum atomic E-state index is -3.66. The summed E-state index contributed by atoms with van der Waals surface area (Å²) in [5.74, 6) is -0.974. The third-order valence-corrected chi connectivity index (χ3v) is 4.53. The van der Waals surface area contributed by atoms with Gasteiger partial charge in [-0.1, -0.05) is 17.7 Å². The first kappa shape index (κ1) is 19.1. The summed E-state index contributed by atoms with van der Waals surface area (Å²) in [6, 6.07) is 6.37. The fraction of sp³-hybridized carbons (Fsp3) is 0.467. The van der Waals surface area contributed by atoms with Gasteiger partial charge in [-0.2, -0.15) is 0 Å². The highest BCUT2D eigenvalue weighted by molar-refractivity contribution is 7.89. The van der Waals surface area contributed by atoms with E-state index in [2.05, 4.69) is 4.72 Å². The van der Waals surface area contributed by atoms with E-state index in [1.165, 1.54) is 24.0 Å². The molecule has 0 spiro atoms. The Morgan fingerprint density at radius 1 is 1.22 bits per heavy atom. The van der Waals surface area contributed by atoms with E-state index in [0.29, 0.717) is 0 Å². The molecule has 0 unspecified atom stereocenters. The minimum absolute atomic E-state index is 0.0993. The maximum Gasteiger partial charge on any atom is 0.307 e. The summed E-state index contributed by atoms with van der Waals surface area (Å²) >= 11 is 0. The molecule has 1 N–H and O–H groups in total. The molecule has 0 saturated heterocycles. The monoisotopic (exact) mass is 342 g/mol. The van der Waals surface area contributed by atoms with Crippen molar-refractivity contribution in [1.82, 2.24) is 9.62 Å². The number of carbonyl (C=O) groups excluding carboxylic acids is 2. The van der Waals surface area contributed by atoms with Crippen molar-refractivity contribution in [2.75, 3.05) is 20.6 Å². The molecule has 23 heavy (non-hydrogen) atoms. The number of nitrogens with zero attached hydrogens (tertiary/aromatic N) is 1. The van der Waals surface area contributed by atoms with E-state index >= 15 is 0 Å². The van der Waals surface area contributed by atoms with Gasteiger partial charge in [0.1, 0.15) is 0 Å². The number of carbonyl (C=O) groups is 2.